The highest BCUT2D eigenvalue weighted by Crippen LogP contribution is 1.92. The Balaban J connectivity index is 3.25. The molecule has 0 aliphatic rings. The third kappa shape index (κ3) is 6.09. The van der Waals surface area contributed by atoms with Gasteiger partial charge < -0.3 is 10.8 Å². The molecule has 0 fully saturated rings. The third-order valence-electron chi connectivity index (χ3n) is 1.44. The minimum atomic E-state index is -0.931. The van der Waals surface area contributed by atoms with Crippen LogP contribution in [0.1, 0.15) is 12.8 Å². The van der Waals surface area contributed by atoms with Crippen LogP contribution in [0.3, 0.4) is 0 Å². The minimum absolute atomic E-state index is 0.510. The maximum absolute atomic E-state index is 10.3. The molecule has 0 saturated heterocycles. The summed E-state index contributed by atoms with van der Waals surface area (Å²) >= 11 is 0. The largest absolute Gasteiger partial charge is 0.480 e. The number of nitrogens with zero attached hydrogens (tertiary/aromatic N) is 1. The van der Waals surface area contributed by atoms with Crippen molar-refractivity contribution in [2.45, 2.75) is 18.9 Å². The summed E-state index contributed by atoms with van der Waals surface area (Å²) in [6.45, 7) is 0.758. The van der Waals surface area contributed by atoms with E-state index in [-0.39, 0.29) is 0 Å². The van der Waals surface area contributed by atoms with E-state index in [0.717, 1.165) is 13.0 Å². The molecule has 0 rings (SSSR count). The summed E-state index contributed by atoms with van der Waals surface area (Å²) in [5.41, 5.74) is 8.32. The number of carboxylic acid groups (broad SMARTS) is 1. The van der Waals surface area contributed by atoms with Gasteiger partial charge in [0.05, 0.1) is 6.54 Å². The van der Waals surface area contributed by atoms with Crippen molar-refractivity contribution in [2.75, 3.05) is 20.6 Å². The monoisotopic (exact) mass is 175 g/mol. The number of nitrogens with one attached hydrogen (secondary N) is 1. The summed E-state index contributed by atoms with van der Waals surface area (Å²) in [6.07, 6.45) is 1.28. The molecule has 0 spiro atoms. The zero-order valence-electron chi connectivity index (χ0n) is 7.58. The van der Waals surface area contributed by atoms with E-state index in [2.05, 4.69) is 5.43 Å². The average molecular weight is 175 g/mol. The van der Waals surface area contributed by atoms with E-state index < -0.39 is 12.0 Å². The van der Waals surface area contributed by atoms with E-state index in [0.29, 0.717) is 6.42 Å². The molecule has 0 heterocycles. The number of rotatable bonds is 6. The number of nitrogens with two attached hydrogens (primary N) is 1. The van der Waals surface area contributed by atoms with Crippen molar-refractivity contribution in [1.29, 1.82) is 0 Å². The van der Waals surface area contributed by atoms with E-state index >= 15 is 0 Å². The van der Waals surface area contributed by atoms with Gasteiger partial charge in [-0.1, -0.05) is 5.01 Å². The molecule has 0 bridgehead atoms. The van der Waals surface area contributed by atoms with Crippen molar-refractivity contribution in [1.82, 2.24) is 10.4 Å². The van der Waals surface area contributed by atoms with Gasteiger partial charge in [-0.15, -0.1) is 5.43 Å². The van der Waals surface area contributed by atoms with Gasteiger partial charge in [-0.05, 0) is 12.8 Å². The Kier molecular flexibility index (Phi) is 5.61. The molecule has 0 amide bonds. The van der Waals surface area contributed by atoms with Crippen LogP contribution in [-0.4, -0.2) is 37.8 Å². The van der Waals surface area contributed by atoms with Gasteiger partial charge in [0, 0.05) is 0 Å². The van der Waals surface area contributed by atoms with Crippen LogP contribution in [0.15, 0.2) is 0 Å². The van der Waals surface area contributed by atoms with Gasteiger partial charge in [-0.25, -0.2) is 0 Å². The molecular weight excluding hydrogens is 158 g/mol. The Morgan fingerprint density at radius 3 is 2.67 bits per heavy atom. The number of hydrazine groups is 1. The Morgan fingerprint density at radius 1 is 1.67 bits per heavy atom. The zero-order valence-corrected chi connectivity index (χ0v) is 7.58. The van der Waals surface area contributed by atoms with E-state index in [1.54, 1.807) is 0 Å². The highest BCUT2D eigenvalue weighted by molar-refractivity contribution is 5.72. The molecule has 1 unspecified atom stereocenters. The molecule has 4 N–H and O–H groups in total. The van der Waals surface area contributed by atoms with Gasteiger partial charge in [-0.2, -0.15) is 0 Å². The first-order valence-corrected chi connectivity index (χ1v) is 3.93. The molecule has 0 saturated carbocycles. The van der Waals surface area contributed by atoms with Gasteiger partial charge >= 0.3 is 5.97 Å². The van der Waals surface area contributed by atoms with Crippen molar-refractivity contribution in [3.8, 4) is 0 Å². The second-order valence-electron chi connectivity index (χ2n) is 2.89. The van der Waals surface area contributed by atoms with Crippen LogP contribution in [0.4, 0.5) is 0 Å². The molecule has 5 heteroatoms. The van der Waals surface area contributed by atoms with Crippen molar-refractivity contribution in [3.63, 3.8) is 0 Å². The fraction of sp³-hybridized carbons (Fsp3) is 0.857. The molecule has 5 nitrogen and oxygen atoms in total. The molecule has 0 aliphatic carbocycles. The van der Waals surface area contributed by atoms with Gasteiger partial charge in [0.15, 0.2) is 0 Å². The van der Waals surface area contributed by atoms with Crippen LogP contribution in [0.25, 0.3) is 0 Å². The van der Waals surface area contributed by atoms with Crippen LogP contribution < -0.4 is 16.2 Å². The van der Waals surface area contributed by atoms with Gasteiger partial charge in [0.1, 0.15) is 20.1 Å². The highest BCUT2D eigenvalue weighted by atomic mass is 16.4. The van der Waals surface area contributed by atoms with Crippen LogP contribution in [0.5, 0.6) is 0 Å². The second-order valence-corrected chi connectivity index (χ2v) is 2.89. The molecule has 71 valence electrons. The Morgan fingerprint density at radius 2 is 2.25 bits per heavy atom. The first-order chi connectivity index (χ1) is 5.54. The normalized spacial score (nSPS) is 13.3. The maximum atomic E-state index is 10.3. The van der Waals surface area contributed by atoms with Crippen LogP contribution in [0.2, 0.25) is 0 Å². The van der Waals surface area contributed by atoms with Crippen molar-refractivity contribution < 1.29 is 9.90 Å². The lowest BCUT2D eigenvalue weighted by Gasteiger charge is -2.05. The van der Waals surface area contributed by atoms with Crippen LogP contribution in [-0.2, 0) is 4.79 Å². The van der Waals surface area contributed by atoms with E-state index in [9.17, 15) is 4.79 Å². The predicted molar refractivity (Wildman–Crippen MR) is 46.8 cm³/mol. The minimum Gasteiger partial charge on any atom is -0.480 e. The van der Waals surface area contributed by atoms with Crippen molar-refractivity contribution in [3.05, 3.63) is 0 Å². The number of carbonyl (C=O) groups is 1. The van der Waals surface area contributed by atoms with Crippen molar-refractivity contribution >= 4 is 5.97 Å². The molecule has 0 aromatic carbocycles. The zero-order chi connectivity index (χ0) is 9.56. The fourth-order valence-electron chi connectivity index (χ4n) is 0.748. The molecule has 12 heavy (non-hydrogen) atoms. The number of aliphatic carboxylic acids is 1. The molecule has 1 atom stereocenters. The molecule has 0 aromatic heterocycles. The number of hydrogen-bond donors (Lipinski definition) is 3. The van der Waals surface area contributed by atoms with Gasteiger partial charge in [-0.3, -0.25) is 4.79 Å². The Bertz CT molecular complexity index is 139. The van der Waals surface area contributed by atoms with Gasteiger partial charge in [0.2, 0.25) is 0 Å². The topological polar surface area (TPSA) is 81.2 Å². The molecule has 0 aliphatic heterocycles. The molecule has 0 aromatic rings. The summed E-state index contributed by atoms with van der Waals surface area (Å²) in [5, 5.41) is 10.3. The smallest absolute Gasteiger partial charge is 0.320 e. The highest BCUT2D eigenvalue weighted by Gasteiger charge is 2.10. The predicted octanol–water partition coefficient (Wildman–Crippen LogP) is -0.917. The third-order valence-corrected chi connectivity index (χ3v) is 1.44. The fourth-order valence-corrected chi connectivity index (χ4v) is 0.748. The lowest BCUT2D eigenvalue weighted by molar-refractivity contribution is -0.138. The quantitative estimate of drug-likeness (QED) is 0.277. The van der Waals surface area contributed by atoms with Crippen LogP contribution in [0, 0.1) is 0 Å². The van der Waals surface area contributed by atoms with Gasteiger partial charge in [0.25, 0.3) is 0 Å². The van der Waals surface area contributed by atoms with E-state index in [1.807, 2.05) is 19.1 Å². The first kappa shape index (κ1) is 11.4. The number of hydrogen-bond acceptors (Lipinski definition) is 4. The average Bonchev–Trinajstić information content (AvgIpc) is 1.97. The summed E-state index contributed by atoms with van der Waals surface area (Å²) in [4.78, 5) is 10.3. The summed E-state index contributed by atoms with van der Waals surface area (Å²) in [6, 6.07) is -0.728. The van der Waals surface area contributed by atoms with E-state index in [4.69, 9.17) is 10.8 Å². The summed E-state index contributed by atoms with van der Waals surface area (Å²) < 4.78 is 0. The van der Waals surface area contributed by atoms with E-state index in [1.165, 1.54) is 0 Å². The lowest BCUT2D eigenvalue weighted by Crippen LogP contribution is -2.38. The maximum Gasteiger partial charge on any atom is 0.320 e. The lowest BCUT2D eigenvalue weighted by atomic mass is 10.2. The SMILES string of the molecule is C[N+](C)NCCCC(N)C(=O)O. The number of carboxylic acids is 1. The first-order valence-electron chi connectivity index (χ1n) is 3.93. The standard InChI is InChI=1S/C7H17N3O2/c1-10(2)9-5-3-4-6(8)7(11)12/h6,9H,3-5,8H2,1-2H3,(H,11,12)/q+1. The van der Waals surface area contributed by atoms with Crippen molar-refractivity contribution in [2.24, 2.45) is 5.73 Å². The summed E-state index contributed by atoms with van der Waals surface area (Å²) in [5.74, 6) is -0.931. The Labute approximate surface area is 72.5 Å². The Hall–Kier alpha value is -0.650. The van der Waals surface area contributed by atoms with Crippen LogP contribution >= 0.6 is 0 Å². The second kappa shape index (κ2) is 5.93. The molecular formula is C7H17N3O2+. The molecule has 1 radical (unpaired) electrons. The summed E-state index contributed by atoms with van der Waals surface area (Å²) in [7, 11) is 3.77.